The highest BCUT2D eigenvalue weighted by atomic mass is 16.2. The number of Topliss-reactive ketones (excluding diaryl/α,β-unsaturated/α-hetero) is 1. The zero-order valence-electron chi connectivity index (χ0n) is 22.3. The van der Waals surface area contributed by atoms with Crippen LogP contribution < -0.4 is 10.2 Å². The van der Waals surface area contributed by atoms with Gasteiger partial charge in [-0.25, -0.2) is 4.68 Å². The molecule has 1 aliphatic carbocycles. The van der Waals surface area contributed by atoms with Crippen LogP contribution in [-0.4, -0.2) is 38.6 Å². The molecule has 39 heavy (non-hydrogen) atoms. The smallest absolute Gasteiger partial charge is 0.249 e. The predicted molar refractivity (Wildman–Crippen MR) is 150 cm³/mol. The fourth-order valence-corrected chi connectivity index (χ4v) is 5.25. The summed E-state index contributed by atoms with van der Waals surface area (Å²) in [7, 11) is 0. The number of anilines is 1. The van der Waals surface area contributed by atoms with Crippen LogP contribution >= 0.6 is 0 Å². The van der Waals surface area contributed by atoms with E-state index < -0.39 is 6.04 Å². The van der Waals surface area contributed by atoms with E-state index in [0.29, 0.717) is 22.3 Å². The van der Waals surface area contributed by atoms with Gasteiger partial charge in [0.15, 0.2) is 5.78 Å². The van der Waals surface area contributed by atoms with Gasteiger partial charge in [-0.3, -0.25) is 19.3 Å². The van der Waals surface area contributed by atoms with Gasteiger partial charge in [0.2, 0.25) is 11.8 Å². The molecule has 8 heteroatoms. The Morgan fingerprint density at radius 3 is 2.46 bits per heavy atom. The van der Waals surface area contributed by atoms with E-state index in [2.05, 4.69) is 22.6 Å². The summed E-state index contributed by atoms with van der Waals surface area (Å²) in [5.74, 6) is -0.695. The molecule has 0 radical (unpaired) electrons. The number of hydrogen-bond donors (Lipinski definition) is 1. The molecule has 0 bridgehead atoms. The van der Waals surface area contributed by atoms with Crippen molar-refractivity contribution in [1.82, 2.24) is 20.3 Å². The zero-order chi connectivity index (χ0) is 27.4. The van der Waals surface area contributed by atoms with E-state index in [4.69, 9.17) is 0 Å². The fourth-order valence-electron chi connectivity index (χ4n) is 5.25. The Hall–Kier alpha value is -4.33. The first kappa shape index (κ1) is 26.3. The highest BCUT2D eigenvalue weighted by molar-refractivity contribution is 6.03. The molecule has 0 aliphatic heterocycles. The molecule has 1 aliphatic rings. The monoisotopic (exact) mass is 523 g/mol. The van der Waals surface area contributed by atoms with E-state index in [-0.39, 0.29) is 30.2 Å². The molecule has 3 aromatic carbocycles. The largest absolute Gasteiger partial charge is 0.351 e. The molecule has 1 fully saturated rings. The summed E-state index contributed by atoms with van der Waals surface area (Å²) in [5.41, 5.74) is 4.19. The maximum Gasteiger partial charge on any atom is 0.249 e. The van der Waals surface area contributed by atoms with Crippen LogP contribution in [0.2, 0.25) is 0 Å². The van der Waals surface area contributed by atoms with Crippen LogP contribution in [0.1, 0.15) is 67.1 Å². The number of carbonyl (C=O) groups excluding carboxylic acids is 3. The van der Waals surface area contributed by atoms with Crippen LogP contribution in [0.4, 0.5) is 5.69 Å². The third-order valence-electron chi connectivity index (χ3n) is 7.42. The third-order valence-corrected chi connectivity index (χ3v) is 7.42. The van der Waals surface area contributed by atoms with Crippen molar-refractivity contribution in [1.29, 1.82) is 0 Å². The van der Waals surface area contributed by atoms with Gasteiger partial charge in [-0.2, -0.15) is 0 Å². The van der Waals surface area contributed by atoms with Crippen molar-refractivity contribution in [3.05, 3.63) is 89.5 Å². The van der Waals surface area contributed by atoms with Crippen LogP contribution in [0.5, 0.6) is 0 Å². The van der Waals surface area contributed by atoms with Crippen molar-refractivity contribution in [2.45, 2.75) is 64.6 Å². The van der Waals surface area contributed by atoms with E-state index in [9.17, 15) is 14.4 Å². The Labute approximate surface area is 228 Å². The summed E-state index contributed by atoms with van der Waals surface area (Å²) in [6.07, 6.45) is 4.85. The second-order valence-electron chi connectivity index (χ2n) is 10.1. The van der Waals surface area contributed by atoms with Crippen molar-refractivity contribution >= 4 is 34.3 Å². The average Bonchev–Trinajstić information content (AvgIpc) is 3.62. The van der Waals surface area contributed by atoms with Gasteiger partial charge < -0.3 is 5.32 Å². The molecule has 5 rings (SSSR count). The van der Waals surface area contributed by atoms with Gasteiger partial charge in [0.1, 0.15) is 18.1 Å². The number of benzene rings is 3. The lowest BCUT2D eigenvalue weighted by Gasteiger charge is -2.32. The number of fused-ring (bicyclic) bond motifs is 1. The second-order valence-corrected chi connectivity index (χ2v) is 10.1. The number of para-hydroxylation sites is 1. The van der Waals surface area contributed by atoms with Gasteiger partial charge in [-0.05, 0) is 61.6 Å². The van der Waals surface area contributed by atoms with Gasteiger partial charge in [-0.15, -0.1) is 5.10 Å². The van der Waals surface area contributed by atoms with E-state index >= 15 is 0 Å². The van der Waals surface area contributed by atoms with Crippen molar-refractivity contribution in [3.63, 3.8) is 0 Å². The standard InChI is InChI=1S/C31H33N5O3/c1-3-22-15-17-23(18-16-22)30(31(39)32-25-10-4-5-11-25)36(26-12-8-9-24(19-26)21(2)37)29(38)20-35-28-14-7-6-13-27(28)33-34-35/h6-9,12-19,25,30H,3-5,10-11,20H2,1-2H3,(H,32,39)/t30-/m0/s1. The molecule has 8 nitrogen and oxygen atoms in total. The number of nitrogens with zero attached hydrogens (tertiary/aromatic N) is 4. The topological polar surface area (TPSA) is 97.2 Å². The summed E-state index contributed by atoms with van der Waals surface area (Å²) in [6, 6.07) is 21.3. The Kier molecular flexibility index (Phi) is 7.81. The molecule has 4 aromatic rings. The Morgan fingerprint density at radius 1 is 1.00 bits per heavy atom. The SMILES string of the molecule is CCc1ccc([C@@H](C(=O)NC2CCCC2)N(C(=O)Cn2nnc3ccccc32)c2cccc(C(C)=O)c2)cc1. The number of amides is 2. The summed E-state index contributed by atoms with van der Waals surface area (Å²) in [4.78, 5) is 42.0. The maximum absolute atomic E-state index is 14.2. The van der Waals surface area contributed by atoms with Crippen molar-refractivity contribution in [2.75, 3.05) is 4.90 Å². The quantitative estimate of drug-likeness (QED) is 0.311. The highest BCUT2D eigenvalue weighted by Gasteiger charge is 2.35. The predicted octanol–water partition coefficient (Wildman–Crippen LogP) is 5.03. The van der Waals surface area contributed by atoms with Gasteiger partial charge >= 0.3 is 0 Å². The lowest BCUT2D eigenvalue weighted by atomic mass is 9.99. The molecule has 1 heterocycles. The van der Waals surface area contributed by atoms with E-state index in [1.165, 1.54) is 11.8 Å². The van der Waals surface area contributed by atoms with Crippen LogP contribution in [0.3, 0.4) is 0 Å². The second kappa shape index (κ2) is 11.6. The van der Waals surface area contributed by atoms with E-state index in [1.807, 2.05) is 48.5 Å². The molecule has 0 spiro atoms. The molecular formula is C31H33N5O3. The molecule has 0 unspecified atom stereocenters. The summed E-state index contributed by atoms with van der Waals surface area (Å²) >= 11 is 0. The maximum atomic E-state index is 14.2. The van der Waals surface area contributed by atoms with Gasteiger partial charge in [-0.1, -0.05) is 73.5 Å². The first-order valence-corrected chi connectivity index (χ1v) is 13.5. The van der Waals surface area contributed by atoms with E-state index in [0.717, 1.165) is 43.2 Å². The fraction of sp³-hybridized carbons (Fsp3) is 0.323. The normalized spacial score (nSPS) is 14.3. The number of nitrogens with one attached hydrogen (secondary N) is 1. The zero-order valence-corrected chi connectivity index (χ0v) is 22.3. The number of ketones is 1. The molecule has 1 atom stereocenters. The van der Waals surface area contributed by atoms with Crippen molar-refractivity contribution in [3.8, 4) is 0 Å². The number of carbonyl (C=O) groups is 3. The van der Waals surface area contributed by atoms with Crippen LogP contribution in [0, 0.1) is 0 Å². The Bertz CT molecular complexity index is 1490. The number of hydrogen-bond acceptors (Lipinski definition) is 5. The minimum absolute atomic E-state index is 0.0784. The van der Waals surface area contributed by atoms with Crippen molar-refractivity contribution < 1.29 is 14.4 Å². The van der Waals surface area contributed by atoms with Gasteiger partial charge in [0.05, 0.1) is 5.52 Å². The molecule has 2 amide bonds. The van der Waals surface area contributed by atoms with Crippen LogP contribution in [-0.2, 0) is 22.6 Å². The van der Waals surface area contributed by atoms with Crippen LogP contribution in [0.15, 0.2) is 72.8 Å². The van der Waals surface area contributed by atoms with Gasteiger partial charge in [0, 0.05) is 17.3 Å². The first-order valence-electron chi connectivity index (χ1n) is 13.5. The van der Waals surface area contributed by atoms with E-state index in [1.54, 1.807) is 28.9 Å². The first-order chi connectivity index (χ1) is 18.9. The molecule has 200 valence electrons. The van der Waals surface area contributed by atoms with Gasteiger partial charge in [0.25, 0.3) is 0 Å². The third kappa shape index (κ3) is 5.74. The molecule has 1 aromatic heterocycles. The highest BCUT2D eigenvalue weighted by Crippen LogP contribution is 2.31. The Morgan fingerprint density at radius 2 is 1.74 bits per heavy atom. The number of aromatic nitrogens is 3. The summed E-state index contributed by atoms with van der Waals surface area (Å²) in [6.45, 7) is 3.44. The lowest BCUT2D eigenvalue weighted by Crippen LogP contribution is -2.47. The van der Waals surface area contributed by atoms with Crippen LogP contribution in [0.25, 0.3) is 11.0 Å². The number of rotatable bonds is 9. The summed E-state index contributed by atoms with van der Waals surface area (Å²) < 4.78 is 1.55. The molecule has 1 saturated carbocycles. The molecule has 0 saturated heterocycles. The minimum Gasteiger partial charge on any atom is -0.351 e. The lowest BCUT2D eigenvalue weighted by molar-refractivity contribution is -0.127. The molecular weight excluding hydrogens is 490 g/mol. The summed E-state index contributed by atoms with van der Waals surface area (Å²) in [5, 5.41) is 11.6. The number of aryl methyl sites for hydroxylation is 1. The molecule has 1 N–H and O–H groups in total. The minimum atomic E-state index is -0.930. The Balaban J connectivity index is 1.60. The average molecular weight is 524 g/mol. The van der Waals surface area contributed by atoms with Crippen molar-refractivity contribution in [2.24, 2.45) is 0 Å².